The molecule has 1 aromatic rings. The predicted octanol–water partition coefficient (Wildman–Crippen LogP) is 8.35. The van der Waals surface area contributed by atoms with Gasteiger partial charge in [0.25, 0.3) is 0 Å². The quantitative estimate of drug-likeness (QED) is 0.375. The van der Waals surface area contributed by atoms with Crippen LogP contribution in [0.3, 0.4) is 0 Å². The number of unbranched alkanes of at least 4 members (excludes halogenated alkanes) is 4. The van der Waals surface area contributed by atoms with Crippen molar-refractivity contribution in [3.05, 3.63) is 41.3 Å². The van der Waals surface area contributed by atoms with Gasteiger partial charge in [-0.3, -0.25) is 0 Å². The SMILES string of the molecule is CC[CH]CCC(C)c1ccc([C@H]2CC[C@H](CCCCC)CC2)c(C)c1. The molecule has 1 aliphatic carbocycles. The average Bonchev–Trinajstić information content (AvgIpc) is 2.63. The Bertz CT molecular complexity index is 479. The van der Waals surface area contributed by atoms with Crippen molar-refractivity contribution >= 4 is 0 Å². The highest BCUT2D eigenvalue weighted by Gasteiger charge is 2.23. The molecule has 25 heavy (non-hydrogen) atoms. The Morgan fingerprint density at radius 1 is 1.08 bits per heavy atom. The van der Waals surface area contributed by atoms with Crippen molar-refractivity contribution < 1.29 is 0 Å². The van der Waals surface area contributed by atoms with Crippen molar-refractivity contribution in [3.63, 3.8) is 0 Å². The number of aryl methyl sites for hydroxylation is 1. The number of rotatable bonds is 10. The molecule has 0 amide bonds. The van der Waals surface area contributed by atoms with E-state index in [0.29, 0.717) is 5.92 Å². The van der Waals surface area contributed by atoms with Gasteiger partial charge in [-0.15, -0.1) is 0 Å². The van der Waals surface area contributed by atoms with Gasteiger partial charge in [-0.2, -0.15) is 0 Å². The minimum atomic E-state index is 0.685. The minimum Gasteiger partial charge on any atom is -0.0654 e. The monoisotopic (exact) mass is 341 g/mol. The number of hydrogen-bond donors (Lipinski definition) is 0. The third-order valence-electron chi connectivity index (χ3n) is 6.46. The fourth-order valence-electron chi connectivity index (χ4n) is 4.65. The van der Waals surface area contributed by atoms with Crippen molar-refractivity contribution in [1.82, 2.24) is 0 Å². The molecule has 1 unspecified atom stereocenters. The van der Waals surface area contributed by atoms with E-state index in [-0.39, 0.29) is 0 Å². The van der Waals surface area contributed by atoms with E-state index in [1.807, 2.05) is 0 Å². The summed E-state index contributed by atoms with van der Waals surface area (Å²) in [6.45, 7) is 9.28. The van der Waals surface area contributed by atoms with Crippen LogP contribution in [0.5, 0.6) is 0 Å². The molecule has 1 aliphatic rings. The van der Waals surface area contributed by atoms with Crippen molar-refractivity contribution in [3.8, 4) is 0 Å². The van der Waals surface area contributed by atoms with Crippen LogP contribution in [0.1, 0.15) is 120 Å². The van der Waals surface area contributed by atoms with Gasteiger partial charge < -0.3 is 0 Å². The Hall–Kier alpha value is -0.780. The minimum absolute atomic E-state index is 0.685. The van der Waals surface area contributed by atoms with Gasteiger partial charge in [0.05, 0.1) is 0 Å². The molecule has 0 spiro atoms. The van der Waals surface area contributed by atoms with Crippen LogP contribution in [0, 0.1) is 19.3 Å². The van der Waals surface area contributed by atoms with Gasteiger partial charge in [0.2, 0.25) is 0 Å². The molecule has 141 valence electrons. The van der Waals surface area contributed by atoms with E-state index in [1.54, 1.807) is 16.7 Å². The first kappa shape index (κ1) is 20.5. The van der Waals surface area contributed by atoms with Gasteiger partial charge in [0, 0.05) is 0 Å². The van der Waals surface area contributed by atoms with Crippen molar-refractivity contribution in [2.45, 2.75) is 110 Å². The topological polar surface area (TPSA) is 0 Å². The summed E-state index contributed by atoms with van der Waals surface area (Å²) in [7, 11) is 0. The normalized spacial score (nSPS) is 22.1. The summed E-state index contributed by atoms with van der Waals surface area (Å²) in [6, 6.07) is 7.37. The fraction of sp³-hybridized carbons (Fsp3) is 0.720. The molecule has 0 nitrogen and oxygen atoms in total. The van der Waals surface area contributed by atoms with E-state index in [0.717, 1.165) is 11.8 Å². The van der Waals surface area contributed by atoms with Crippen LogP contribution in [0.4, 0.5) is 0 Å². The van der Waals surface area contributed by atoms with E-state index in [2.05, 4.69) is 52.3 Å². The van der Waals surface area contributed by atoms with Gasteiger partial charge in [0.1, 0.15) is 0 Å². The molecule has 1 radical (unpaired) electrons. The highest BCUT2D eigenvalue weighted by molar-refractivity contribution is 5.35. The number of hydrogen-bond acceptors (Lipinski definition) is 0. The van der Waals surface area contributed by atoms with Crippen LogP contribution >= 0.6 is 0 Å². The molecule has 1 atom stereocenters. The predicted molar refractivity (Wildman–Crippen MR) is 112 cm³/mol. The molecule has 1 fully saturated rings. The summed E-state index contributed by atoms with van der Waals surface area (Å²) < 4.78 is 0. The van der Waals surface area contributed by atoms with Gasteiger partial charge >= 0.3 is 0 Å². The Kier molecular flexibility index (Phi) is 9.07. The van der Waals surface area contributed by atoms with Crippen LogP contribution in [0.2, 0.25) is 0 Å². The second-order valence-corrected chi connectivity index (χ2v) is 8.50. The molecule has 0 aliphatic heterocycles. The molecular weight excluding hydrogens is 300 g/mol. The summed E-state index contributed by atoms with van der Waals surface area (Å²) >= 11 is 0. The van der Waals surface area contributed by atoms with Crippen LogP contribution in [0.25, 0.3) is 0 Å². The Morgan fingerprint density at radius 2 is 1.84 bits per heavy atom. The van der Waals surface area contributed by atoms with Gasteiger partial charge in [-0.25, -0.2) is 0 Å². The summed E-state index contributed by atoms with van der Waals surface area (Å²) in [6.07, 6.45) is 17.6. The van der Waals surface area contributed by atoms with E-state index < -0.39 is 0 Å². The van der Waals surface area contributed by atoms with E-state index >= 15 is 0 Å². The average molecular weight is 342 g/mol. The lowest BCUT2D eigenvalue weighted by atomic mass is 9.75. The zero-order valence-corrected chi connectivity index (χ0v) is 17.3. The molecule has 0 N–H and O–H groups in total. The zero-order valence-electron chi connectivity index (χ0n) is 17.3. The first-order valence-electron chi connectivity index (χ1n) is 11.1. The fourth-order valence-corrected chi connectivity index (χ4v) is 4.65. The first-order valence-corrected chi connectivity index (χ1v) is 11.1. The van der Waals surface area contributed by atoms with E-state index in [1.165, 1.54) is 70.6 Å². The molecule has 0 aromatic heterocycles. The molecule has 2 rings (SSSR count). The third kappa shape index (κ3) is 6.46. The summed E-state index contributed by atoms with van der Waals surface area (Å²) in [5.74, 6) is 2.52. The highest BCUT2D eigenvalue weighted by Crippen LogP contribution is 2.39. The number of benzene rings is 1. The molecule has 1 saturated carbocycles. The Labute approximate surface area is 157 Å². The maximum absolute atomic E-state index is 2.49. The Balaban J connectivity index is 1.86. The highest BCUT2D eigenvalue weighted by atomic mass is 14.3. The maximum Gasteiger partial charge on any atom is -0.0159 e. The van der Waals surface area contributed by atoms with E-state index in [4.69, 9.17) is 0 Å². The molecule has 1 aromatic carbocycles. The summed E-state index contributed by atoms with van der Waals surface area (Å²) in [5, 5.41) is 0. The summed E-state index contributed by atoms with van der Waals surface area (Å²) in [5.41, 5.74) is 4.72. The van der Waals surface area contributed by atoms with Crippen molar-refractivity contribution in [1.29, 1.82) is 0 Å². The van der Waals surface area contributed by atoms with Crippen molar-refractivity contribution in [2.75, 3.05) is 0 Å². The largest absolute Gasteiger partial charge is 0.0654 e. The molecule has 0 heterocycles. The molecular formula is C25H41. The smallest absolute Gasteiger partial charge is 0.0159 e. The second kappa shape index (κ2) is 11.0. The van der Waals surface area contributed by atoms with E-state index in [9.17, 15) is 0 Å². The lowest BCUT2D eigenvalue weighted by Crippen LogP contribution is -2.14. The first-order chi connectivity index (χ1) is 12.2. The van der Waals surface area contributed by atoms with Crippen LogP contribution in [0.15, 0.2) is 18.2 Å². The zero-order chi connectivity index (χ0) is 18.1. The lowest BCUT2D eigenvalue weighted by Gasteiger charge is -2.30. The van der Waals surface area contributed by atoms with Crippen molar-refractivity contribution in [2.24, 2.45) is 5.92 Å². The molecule has 0 bridgehead atoms. The molecule has 0 saturated heterocycles. The van der Waals surface area contributed by atoms with Crippen LogP contribution in [-0.2, 0) is 0 Å². The summed E-state index contributed by atoms with van der Waals surface area (Å²) in [4.78, 5) is 0. The third-order valence-corrected chi connectivity index (χ3v) is 6.46. The Morgan fingerprint density at radius 3 is 2.48 bits per heavy atom. The van der Waals surface area contributed by atoms with Gasteiger partial charge in [0.15, 0.2) is 0 Å². The maximum atomic E-state index is 2.49. The van der Waals surface area contributed by atoms with Gasteiger partial charge in [-0.1, -0.05) is 71.1 Å². The van der Waals surface area contributed by atoms with Crippen LogP contribution < -0.4 is 0 Å². The standard InChI is InChI=1S/C25H41/c1-5-7-9-11-20(3)24-17-18-25(21(4)19-24)23-15-13-22(14-16-23)12-10-8-6-2/h7,17-20,22-23H,5-6,8-16H2,1-4H3/t20?,22-,23-. The molecule has 0 heteroatoms. The lowest BCUT2D eigenvalue weighted by molar-refractivity contribution is 0.302. The van der Waals surface area contributed by atoms with Gasteiger partial charge in [-0.05, 0) is 86.3 Å². The second-order valence-electron chi connectivity index (χ2n) is 8.50. The van der Waals surface area contributed by atoms with Crippen LogP contribution in [-0.4, -0.2) is 0 Å².